The van der Waals surface area contributed by atoms with Gasteiger partial charge in [-0.25, -0.2) is 19.2 Å². The van der Waals surface area contributed by atoms with E-state index in [0.29, 0.717) is 22.4 Å². The summed E-state index contributed by atoms with van der Waals surface area (Å²) >= 11 is 0. The van der Waals surface area contributed by atoms with Gasteiger partial charge in [-0.05, 0) is 66.1 Å². The number of carbonyl (C=O) groups excluding carboxylic acids is 5. The molecule has 0 aliphatic carbocycles. The molecule has 0 aromatic heterocycles. The van der Waals surface area contributed by atoms with Crippen LogP contribution in [0.3, 0.4) is 0 Å². The molecule has 0 aliphatic heterocycles. The summed E-state index contributed by atoms with van der Waals surface area (Å²) in [7, 11) is 0. The Morgan fingerprint density at radius 1 is 0.556 bits per heavy atom. The molecule has 0 radical (unpaired) electrons. The van der Waals surface area contributed by atoms with E-state index in [9.17, 15) is 24.0 Å². The summed E-state index contributed by atoms with van der Waals surface area (Å²) in [6, 6.07) is 26.0. The van der Waals surface area contributed by atoms with Crippen molar-refractivity contribution in [3.63, 3.8) is 0 Å². The Hall–Kier alpha value is -6.03. The van der Waals surface area contributed by atoms with Crippen LogP contribution in [-0.4, -0.2) is 29.8 Å². The van der Waals surface area contributed by atoms with Crippen molar-refractivity contribution in [3.8, 4) is 17.2 Å². The molecule has 0 saturated heterocycles. The van der Waals surface area contributed by atoms with Gasteiger partial charge in [0.15, 0.2) is 0 Å². The van der Waals surface area contributed by atoms with Gasteiger partial charge in [-0.1, -0.05) is 54.6 Å². The highest BCUT2D eigenvalue weighted by Crippen LogP contribution is 2.22. The third-order valence-corrected chi connectivity index (χ3v) is 6.11. The molecule has 0 atom stereocenters. The van der Waals surface area contributed by atoms with E-state index in [2.05, 4.69) is 0 Å². The summed E-state index contributed by atoms with van der Waals surface area (Å²) in [5, 5.41) is 0. The Labute approximate surface area is 258 Å². The first-order valence-corrected chi connectivity index (χ1v) is 13.6. The quantitative estimate of drug-likeness (QED) is 0.119. The highest BCUT2D eigenvalue weighted by atomic mass is 16.6. The Morgan fingerprint density at radius 3 is 1.49 bits per heavy atom. The van der Waals surface area contributed by atoms with Gasteiger partial charge < -0.3 is 23.7 Å². The van der Waals surface area contributed by atoms with Gasteiger partial charge in [-0.3, -0.25) is 4.79 Å². The van der Waals surface area contributed by atoms with Crippen molar-refractivity contribution in [2.24, 2.45) is 0 Å². The Bertz CT molecular complexity index is 1720. The van der Waals surface area contributed by atoms with Crippen LogP contribution in [0.2, 0.25) is 0 Å². The maximum atomic E-state index is 12.5. The highest BCUT2D eigenvalue weighted by molar-refractivity contribution is 5.95. The van der Waals surface area contributed by atoms with E-state index in [0.717, 1.165) is 17.7 Å². The number of ether oxygens (including phenoxy) is 5. The molecule has 0 amide bonds. The van der Waals surface area contributed by atoms with Gasteiger partial charge in [0.1, 0.15) is 36.0 Å². The SMILES string of the molecule is CC(=O)Oc1ccccc1C(=O)Oc1ccc(COC(=O)/C=C/C(=O)OCc2ccc(OC(=O)c3ccccc3C)cc2)cc1. The molecule has 10 heteroatoms. The number of rotatable bonds is 11. The minimum absolute atomic E-state index is 0.0590. The molecular weight excluding hydrogens is 580 g/mol. The molecule has 0 N–H and O–H groups in total. The third kappa shape index (κ3) is 9.75. The molecule has 4 rings (SSSR count). The zero-order valence-electron chi connectivity index (χ0n) is 24.4. The van der Waals surface area contributed by atoms with Crippen LogP contribution in [0.5, 0.6) is 17.2 Å². The summed E-state index contributed by atoms with van der Waals surface area (Å²) < 4.78 is 26.1. The van der Waals surface area contributed by atoms with Gasteiger partial charge in [0.25, 0.3) is 0 Å². The molecule has 4 aromatic rings. The smallest absolute Gasteiger partial charge is 0.347 e. The molecule has 0 spiro atoms. The van der Waals surface area contributed by atoms with E-state index in [-0.39, 0.29) is 30.3 Å². The molecule has 228 valence electrons. The zero-order chi connectivity index (χ0) is 32.2. The Balaban J connectivity index is 1.18. The lowest BCUT2D eigenvalue weighted by atomic mass is 10.1. The number of carbonyl (C=O) groups is 5. The number of aryl methyl sites for hydroxylation is 1. The number of esters is 5. The van der Waals surface area contributed by atoms with Crippen molar-refractivity contribution in [1.82, 2.24) is 0 Å². The molecule has 0 aliphatic rings. The predicted octanol–water partition coefficient (Wildman–Crippen LogP) is 5.70. The molecule has 0 fully saturated rings. The third-order valence-electron chi connectivity index (χ3n) is 6.11. The average Bonchev–Trinajstić information content (AvgIpc) is 3.03. The monoisotopic (exact) mass is 608 g/mol. The Morgan fingerprint density at radius 2 is 1.00 bits per heavy atom. The van der Waals surface area contributed by atoms with E-state index >= 15 is 0 Å². The van der Waals surface area contributed by atoms with Crippen molar-refractivity contribution >= 4 is 29.8 Å². The van der Waals surface area contributed by atoms with Gasteiger partial charge in [-0.2, -0.15) is 0 Å². The standard InChI is InChI=1S/C35H28O10/c1-23-7-3-4-8-29(23)34(39)44-27-15-11-25(12-16-27)21-41-32(37)19-20-33(38)42-22-26-13-17-28(18-14-26)45-35(40)30-9-5-6-10-31(30)43-24(2)36/h3-20H,21-22H2,1-2H3/b20-19+. The summed E-state index contributed by atoms with van der Waals surface area (Å²) in [6.45, 7) is 2.90. The molecule has 0 saturated carbocycles. The van der Waals surface area contributed by atoms with Gasteiger partial charge >= 0.3 is 29.8 Å². The van der Waals surface area contributed by atoms with Crippen LogP contribution in [0.1, 0.15) is 44.3 Å². The van der Waals surface area contributed by atoms with Crippen molar-refractivity contribution in [2.75, 3.05) is 0 Å². The first kappa shape index (κ1) is 31.9. The van der Waals surface area contributed by atoms with Crippen LogP contribution < -0.4 is 14.2 Å². The summed E-state index contributed by atoms with van der Waals surface area (Å²) in [5.74, 6) is -2.59. The molecular formula is C35H28O10. The van der Waals surface area contributed by atoms with Gasteiger partial charge in [0.2, 0.25) is 0 Å². The lowest BCUT2D eigenvalue weighted by molar-refractivity contribution is -0.141. The van der Waals surface area contributed by atoms with Crippen LogP contribution in [0.15, 0.2) is 109 Å². The number of para-hydroxylation sites is 1. The van der Waals surface area contributed by atoms with Crippen LogP contribution in [0.25, 0.3) is 0 Å². The van der Waals surface area contributed by atoms with E-state index < -0.39 is 29.8 Å². The molecule has 0 bridgehead atoms. The fourth-order valence-electron chi connectivity index (χ4n) is 3.85. The van der Waals surface area contributed by atoms with Crippen LogP contribution in [0, 0.1) is 6.92 Å². The minimum Gasteiger partial charge on any atom is -0.458 e. The fraction of sp³-hybridized carbons (Fsp3) is 0.114. The number of benzene rings is 4. The number of hydrogen-bond acceptors (Lipinski definition) is 10. The van der Waals surface area contributed by atoms with Crippen molar-refractivity contribution in [3.05, 3.63) is 137 Å². The summed E-state index contributed by atoms with van der Waals surface area (Å²) in [4.78, 5) is 60.3. The first-order chi connectivity index (χ1) is 21.7. The predicted molar refractivity (Wildman–Crippen MR) is 160 cm³/mol. The fourth-order valence-corrected chi connectivity index (χ4v) is 3.85. The van der Waals surface area contributed by atoms with E-state index in [1.807, 2.05) is 19.1 Å². The van der Waals surface area contributed by atoms with Crippen LogP contribution >= 0.6 is 0 Å². The van der Waals surface area contributed by atoms with Crippen molar-refractivity contribution < 1.29 is 47.7 Å². The van der Waals surface area contributed by atoms with E-state index in [1.165, 1.54) is 31.2 Å². The molecule has 0 heterocycles. The van der Waals surface area contributed by atoms with Crippen molar-refractivity contribution in [2.45, 2.75) is 27.1 Å². The zero-order valence-corrected chi connectivity index (χ0v) is 24.4. The van der Waals surface area contributed by atoms with Crippen molar-refractivity contribution in [1.29, 1.82) is 0 Å². The maximum Gasteiger partial charge on any atom is 0.347 e. The minimum atomic E-state index is -0.760. The topological polar surface area (TPSA) is 132 Å². The Kier molecular flexibility index (Phi) is 10.9. The van der Waals surface area contributed by atoms with Gasteiger partial charge in [0, 0.05) is 19.1 Å². The summed E-state index contributed by atoms with van der Waals surface area (Å²) in [6.07, 6.45) is 1.91. The van der Waals surface area contributed by atoms with Crippen LogP contribution in [0.4, 0.5) is 0 Å². The molecule has 4 aromatic carbocycles. The summed E-state index contributed by atoms with van der Waals surface area (Å²) in [5.41, 5.74) is 2.62. The lowest BCUT2D eigenvalue weighted by Crippen LogP contribution is -2.12. The molecule has 45 heavy (non-hydrogen) atoms. The van der Waals surface area contributed by atoms with Gasteiger partial charge in [0.05, 0.1) is 5.56 Å². The first-order valence-electron chi connectivity index (χ1n) is 13.6. The maximum absolute atomic E-state index is 12.5. The van der Waals surface area contributed by atoms with E-state index in [1.54, 1.807) is 60.7 Å². The second kappa shape index (κ2) is 15.4. The normalized spacial score (nSPS) is 10.5. The van der Waals surface area contributed by atoms with Gasteiger partial charge in [-0.15, -0.1) is 0 Å². The molecule has 10 nitrogen and oxygen atoms in total. The second-order valence-corrected chi connectivity index (χ2v) is 9.52. The second-order valence-electron chi connectivity index (χ2n) is 9.52. The average molecular weight is 609 g/mol. The largest absolute Gasteiger partial charge is 0.458 e. The lowest BCUT2D eigenvalue weighted by Gasteiger charge is -2.09. The van der Waals surface area contributed by atoms with Crippen LogP contribution in [-0.2, 0) is 37.1 Å². The number of hydrogen-bond donors (Lipinski definition) is 0. The highest BCUT2D eigenvalue weighted by Gasteiger charge is 2.16. The molecule has 0 unspecified atom stereocenters. The van der Waals surface area contributed by atoms with E-state index in [4.69, 9.17) is 23.7 Å².